The molecule has 2 heterocycles. The van der Waals surface area contributed by atoms with Crippen molar-refractivity contribution in [2.24, 2.45) is 0 Å². The third kappa shape index (κ3) is 4.71. The number of hydrogen-bond acceptors (Lipinski definition) is 2. The first kappa shape index (κ1) is 21.7. The van der Waals surface area contributed by atoms with E-state index in [9.17, 15) is 0 Å². The van der Waals surface area contributed by atoms with Crippen molar-refractivity contribution >= 4 is 43.1 Å². The van der Waals surface area contributed by atoms with Gasteiger partial charge in [0.2, 0.25) is 0 Å². The van der Waals surface area contributed by atoms with Gasteiger partial charge in [0.05, 0.1) is 12.7 Å². The molecule has 1 aliphatic rings. The first-order valence-electron chi connectivity index (χ1n) is 10.3. The van der Waals surface area contributed by atoms with E-state index in [4.69, 9.17) is 4.74 Å². The van der Waals surface area contributed by atoms with Gasteiger partial charge in [-0.1, -0.05) is 72.8 Å². The van der Waals surface area contributed by atoms with Crippen molar-refractivity contribution in [1.82, 2.24) is 4.98 Å². The van der Waals surface area contributed by atoms with Gasteiger partial charge in [-0.2, -0.15) is 0 Å². The molecule has 0 aliphatic carbocycles. The maximum absolute atomic E-state index is 4.71. The molecule has 6 aromatic rings. The minimum atomic E-state index is 0. The first-order valence-corrected chi connectivity index (χ1v) is 10.3. The summed E-state index contributed by atoms with van der Waals surface area (Å²) in [6.07, 6.45) is 4.08. The molecule has 3 heteroatoms. The molecule has 7 rings (SSSR count). The van der Waals surface area contributed by atoms with Crippen LogP contribution in [0.5, 0.6) is 0 Å². The summed E-state index contributed by atoms with van der Waals surface area (Å²) in [4.78, 5) is 3.78. The maximum atomic E-state index is 4.71. The number of hydrogen-bond donors (Lipinski definition) is 0. The number of fused-ring (bicyclic) bond motifs is 2. The van der Waals surface area contributed by atoms with E-state index in [1.54, 1.807) is 12.4 Å². The number of benzene rings is 5. The number of epoxide rings is 1. The van der Waals surface area contributed by atoms with Gasteiger partial charge in [-0.15, -0.1) is 0 Å². The second-order valence-corrected chi connectivity index (χ2v) is 7.62. The van der Waals surface area contributed by atoms with Crippen molar-refractivity contribution in [2.75, 3.05) is 6.61 Å². The van der Waals surface area contributed by atoms with E-state index in [0.717, 1.165) is 6.61 Å². The minimum Gasteiger partial charge on any atom is -0.373 e. The summed E-state index contributed by atoms with van der Waals surface area (Å²) in [6.45, 7) is 3.04. The van der Waals surface area contributed by atoms with Crippen molar-refractivity contribution < 1.29 is 32.4 Å². The molecule has 1 fully saturated rings. The van der Waals surface area contributed by atoms with E-state index < -0.39 is 0 Å². The summed E-state index contributed by atoms with van der Waals surface area (Å²) in [5, 5.41) is 10.8. The van der Waals surface area contributed by atoms with Crippen LogP contribution >= 0.6 is 0 Å². The van der Waals surface area contributed by atoms with Crippen molar-refractivity contribution in [1.29, 1.82) is 0 Å². The third-order valence-corrected chi connectivity index (χ3v) is 5.44. The van der Waals surface area contributed by atoms with Gasteiger partial charge in [-0.05, 0) is 68.2 Å². The average molecular weight is 590 g/mol. The summed E-state index contributed by atoms with van der Waals surface area (Å²) < 4.78 is 4.71. The second kappa shape index (κ2) is 9.72. The van der Waals surface area contributed by atoms with Gasteiger partial charge < -0.3 is 4.74 Å². The molecule has 0 amide bonds. The largest absolute Gasteiger partial charge is 0.373 e. The second-order valence-electron chi connectivity index (χ2n) is 7.62. The van der Waals surface area contributed by atoms with Gasteiger partial charge in [-0.3, -0.25) is 4.98 Å². The molecule has 148 valence electrons. The van der Waals surface area contributed by atoms with Crippen molar-refractivity contribution in [3.8, 4) is 0 Å². The monoisotopic (exact) mass is 591 g/mol. The van der Waals surface area contributed by atoms with Crippen LogP contribution in [-0.2, 0) is 32.4 Å². The number of pyridine rings is 1. The zero-order chi connectivity index (χ0) is 20.3. The topological polar surface area (TPSA) is 25.4 Å². The molecule has 0 radical (unpaired) electrons. The Hall–Kier alpha value is -2.55. The van der Waals surface area contributed by atoms with E-state index in [0.29, 0.717) is 6.10 Å². The fourth-order valence-electron chi connectivity index (χ4n) is 3.90. The quantitative estimate of drug-likeness (QED) is 0.0809. The number of ether oxygens (including phenoxy) is 1. The van der Waals surface area contributed by atoms with Gasteiger partial charge in [0.25, 0.3) is 0 Å². The Bertz CT molecular complexity index is 1370. The van der Waals surface area contributed by atoms with Gasteiger partial charge in [0, 0.05) is 40.1 Å². The number of nitrogens with zero attached hydrogens (tertiary/aromatic N) is 1. The summed E-state index contributed by atoms with van der Waals surface area (Å²) in [7, 11) is 0. The zero-order valence-electron chi connectivity index (χ0n) is 17.7. The predicted molar refractivity (Wildman–Crippen MR) is 127 cm³/mol. The van der Waals surface area contributed by atoms with Crippen LogP contribution in [0.15, 0.2) is 103 Å². The first-order chi connectivity index (χ1) is 14.8. The summed E-state index contributed by atoms with van der Waals surface area (Å²) >= 11 is 0. The SMILES string of the molecule is CC1CO1.[Hg].c1ccc2c(c1)cc1ccc3cccc4ccc2c1c34.c1ccncc1. The van der Waals surface area contributed by atoms with Crippen LogP contribution in [0.1, 0.15) is 6.92 Å². The molecule has 0 N–H and O–H groups in total. The van der Waals surface area contributed by atoms with E-state index in [1.165, 1.54) is 43.1 Å². The Morgan fingerprint density at radius 2 is 1.26 bits per heavy atom. The van der Waals surface area contributed by atoms with Crippen LogP contribution < -0.4 is 0 Å². The van der Waals surface area contributed by atoms with Crippen molar-refractivity contribution in [3.63, 3.8) is 0 Å². The Balaban J connectivity index is 0.000000175. The Kier molecular flexibility index (Phi) is 6.79. The summed E-state index contributed by atoms with van der Waals surface area (Å²) in [5.41, 5.74) is 0. The molecule has 1 unspecified atom stereocenters. The minimum absolute atomic E-state index is 0. The molecule has 0 bridgehead atoms. The molecular weight excluding hydrogens is 567 g/mol. The number of aromatic nitrogens is 1. The smallest absolute Gasteiger partial charge is 0.0781 e. The molecular formula is C28H23HgNO. The van der Waals surface area contributed by atoms with Crippen LogP contribution in [0.25, 0.3) is 43.1 Å². The molecule has 1 aliphatic heterocycles. The normalized spacial score (nSPS) is 14.4. The van der Waals surface area contributed by atoms with Crippen molar-refractivity contribution in [2.45, 2.75) is 13.0 Å². The van der Waals surface area contributed by atoms with Gasteiger partial charge >= 0.3 is 0 Å². The molecule has 1 aromatic heterocycles. The fourth-order valence-corrected chi connectivity index (χ4v) is 3.90. The van der Waals surface area contributed by atoms with Crippen LogP contribution in [-0.4, -0.2) is 17.7 Å². The van der Waals surface area contributed by atoms with Crippen LogP contribution in [0.3, 0.4) is 0 Å². The fraction of sp³-hybridized carbons (Fsp3) is 0.107. The standard InChI is InChI=1S/C20H12.C5H5N.C3H6O.Hg/c1-2-7-17-15(4-1)12-16-9-8-13-5-3-6-14-10-11-18(17)20(16)19(13)14;1-2-4-6-5-3-1;1-3-2-4-3;/h1-12H;1-5H;3H,2H2,1H3;. The van der Waals surface area contributed by atoms with E-state index in [-0.39, 0.29) is 27.7 Å². The van der Waals surface area contributed by atoms with Crippen LogP contribution in [0.2, 0.25) is 0 Å². The number of rotatable bonds is 0. The average Bonchev–Trinajstić information content (AvgIpc) is 3.61. The van der Waals surface area contributed by atoms with Crippen LogP contribution in [0, 0.1) is 0 Å². The Morgan fingerprint density at radius 1 is 0.645 bits per heavy atom. The molecule has 1 atom stereocenters. The van der Waals surface area contributed by atoms with E-state index in [2.05, 4.69) is 84.7 Å². The van der Waals surface area contributed by atoms with Crippen molar-refractivity contribution in [3.05, 3.63) is 103 Å². The molecule has 31 heavy (non-hydrogen) atoms. The Labute approximate surface area is 202 Å². The molecule has 0 saturated carbocycles. The van der Waals surface area contributed by atoms with E-state index in [1.807, 2.05) is 18.2 Å². The van der Waals surface area contributed by atoms with Crippen LogP contribution in [0.4, 0.5) is 0 Å². The summed E-state index contributed by atoms with van der Waals surface area (Å²) in [5.74, 6) is 0. The molecule has 5 aromatic carbocycles. The van der Waals surface area contributed by atoms with Gasteiger partial charge in [0.1, 0.15) is 0 Å². The maximum Gasteiger partial charge on any atom is 0.0781 e. The molecule has 0 spiro atoms. The molecule has 1 saturated heterocycles. The third-order valence-electron chi connectivity index (χ3n) is 5.44. The summed E-state index contributed by atoms with van der Waals surface area (Å²) in [6, 6.07) is 32.2. The predicted octanol–water partition coefficient (Wildman–Crippen LogP) is 7.22. The van der Waals surface area contributed by atoms with E-state index >= 15 is 0 Å². The molecule has 2 nitrogen and oxygen atoms in total. The zero-order valence-corrected chi connectivity index (χ0v) is 23.2. The Morgan fingerprint density at radius 3 is 1.87 bits per heavy atom. The van der Waals surface area contributed by atoms with Gasteiger partial charge in [-0.25, -0.2) is 0 Å². The van der Waals surface area contributed by atoms with Gasteiger partial charge in [0.15, 0.2) is 0 Å².